The van der Waals surface area contributed by atoms with Crippen LogP contribution in [0.4, 0.5) is 0 Å². The van der Waals surface area contributed by atoms with Crippen molar-refractivity contribution in [2.75, 3.05) is 20.6 Å². The molecular weight excluding hydrogens is 568 g/mol. The SMILES string of the molecule is CCCCCCCCCCCCCCCCCC(=O)O.CCCCCCCCCCCCCCCCCC(N)=O.CCCN(C)C. The van der Waals surface area contributed by atoms with E-state index in [9.17, 15) is 9.59 Å². The van der Waals surface area contributed by atoms with Gasteiger partial charge in [-0.05, 0) is 39.9 Å². The molecule has 0 aromatic heterocycles. The molecule has 0 bridgehead atoms. The molecule has 0 aromatic carbocycles. The lowest BCUT2D eigenvalue weighted by molar-refractivity contribution is -0.137. The van der Waals surface area contributed by atoms with Gasteiger partial charge in [-0.15, -0.1) is 0 Å². The standard InChI is InChI=1S/C18H37NO.C18H36O2.C5H13N/c2*1-2-3-4-5-6-7-8-9-10-11-12-13-14-15-16-17-18(19)20;1-4-5-6(2)3/h2-17H2,1H3,(H2,19,20);2-17H2,1H3,(H,19,20);4-5H2,1-3H3. The fraction of sp³-hybridized carbons (Fsp3) is 0.951. The monoisotopic (exact) mass is 655 g/mol. The quantitative estimate of drug-likeness (QED) is 0.0676. The first-order valence-corrected chi connectivity index (χ1v) is 20.5. The van der Waals surface area contributed by atoms with Crippen molar-refractivity contribution in [3.05, 3.63) is 0 Å². The van der Waals surface area contributed by atoms with Crippen molar-refractivity contribution in [1.29, 1.82) is 0 Å². The molecule has 0 atom stereocenters. The molecule has 0 saturated heterocycles. The number of carboxylic acid groups (broad SMARTS) is 1. The summed E-state index contributed by atoms with van der Waals surface area (Å²) in [6, 6.07) is 0. The van der Waals surface area contributed by atoms with Crippen molar-refractivity contribution in [3.63, 3.8) is 0 Å². The van der Waals surface area contributed by atoms with Gasteiger partial charge in [0.15, 0.2) is 0 Å². The van der Waals surface area contributed by atoms with Crippen LogP contribution in [0.1, 0.15) is 233 Å². The maximum atomic E-state index is 10.6. The van der Waals surface area contributed by atoms with E-state index < -0.39 is 5.97 Å². The lowest BCUT2D eigenvalue weighted by Gasteiger charge is -2.03. The molecule has 0 heterocycles. The van der Waals surface area contributed by atoms with Gasteiger partial charge in [-0.25, -0.2) is 0 Å². The van der Waals surface area contributed by atoms with Crippen LogP contribution >= 0.6 is 0 Å². The van der Waals surface area contributed by atoms with Crippen LogP contribution in [-0.2, 0) is 9.59 Å². The van der Waals surface area contributed by atoms with E-state index in [1.807, 2.05) is 0 Å². The molecule has 1 amide bonds. The number of carboxylic acids is 1. The van der Waals surface area contributed by atoms with Crippen LogP contribution in [0.15, 0.2) is 0 Å². The first-order chi connectivity index (χ1) is 22.3. The minimum absolute atomic E-state index is 0.153. The second-order valence-corrected chi connectivity index (χ2v) is 14.1. The summed E-state index contributed by atoms with van der Waals surface area (Å²) in [7, 11) is 4.17. The van der Waals surface area contributed by atoms with Gasteiger partial charge in [0.25, 0.3) is 0 Å². The molecule has 278 valence electrons. The number of unbranched alkanes of at least 4 members (excludes halogenated alkanes) is 28. The molecule has 0 aliphatic carbocycles. The van der Waals surface area contributed by atoms with Crippen LogP contribution in [-0.4, -0.2) is 42.5 Å². The van der Waals surface area contributed by atoms with Gasteiger partial charge >= 0.3 is 5.97 Å². The summed E-state index contributed by atoms with van der Waals surface area (Å²) in [6.45, 7) is 7.93. The van der Waals surface area contributed by atoms with Crippen LogP contribution < -0.4 is 5.73 Å². The lowest BCUT2D eigenvalue weighted by Crippen LogP contribution is -2.11. The smallest absolute Gasteiger partial charge is 0.303 e. The molecule has 3 N–H and O–H groups in total. The molecule has 0 aromatic rings. The molecule has 0 rings (SSSR count). The Labute approximate surface area is 290 Å². The number of carbonyl (C=O) groups is 2. The fourth-order valence-electron chi connectivity index (χ4n) is 5.77. The third-order valence-corrected chi connectivity index (χ3v) is 8.69. The van der Waals surface area contributed by atoms with Gasteiger partial charge < -0.3 is 15.7 Å². The molecular formula is C41H86N2O3. The van der Waals surface area contributed by atoms with Gasteiger partial charge in [0.1, 0.15) is 0 Å². The first kappa shape index (κ1) is 49.3. The summed E-state index contributed by atoms with van der Waals surface area (Å²) >= 11 is 0. The average molecular weight is 655 g/mol. The summed E-state index contributed by atoms with van der Waals surface area (Å²) in [5, 5.41) is 8.52. The summed E-state index contributed by atoms with van der Waals surface area (Å²) < 4.78 is 0. The highest BCUT2D eigenvalue weighted by Crippen LogP contribution is 2.15. The minimum atomic E-state index is -0.653. The van der Waals surface area contributed by atoms with Crippen molar-refractivity contribution in [2.45, 2.75) is 233 Å². The molecule has 46 heavy (non-hydrogen) atoms. The maximum Gasteiger partial charge on any atom is 0.303 e. The third-order valence-electron chi connectivity index (χ3n) is 8.69. The predicted molar refractivity (Wildman–Crippen MR) is 205 cm³/mol. The molecule has 0 radical (unpaired) electrons. The zero-order valence-corrected chi connectivity index (χ0v) is 32.3. The molecule has 0 saturated carbocycles. The number of hydrogen-bond donors (Lipinski definition) is 2. The van der Waals surface area contributed by atoms with E-state index >= 15 is 0 Å². The molecule has 0 aliphatic heterocycles. The Morgan fingerprint density at radius 1 is 0.413 bits per heavy atom. The summed E-state index contributed by atoms with van der Waals surface area (Å²) in [4.78, 5) is 23.1. The van der Waals surface area contributed by atoms with Gasteiger partial charge in [-0.1, -0.05) is 201 Å². The van der Waals surface area contributed by atoms with Crippen LogP contribution in [0.3, 0.4) is 0 Å². The number of rotatable bonds is 34. The predicted octanol–water partition coefficient (Wildman–Crippen LogP) is 13.0. The zero-order valence-electron chi connectivity index (χ0n) is 32.3. The topological polar surface area (TPSA) is 83.6 Å². The van der Waals surface area contributed by atoms with Crippen LogP contribution in [0.2, 0.25) is 0 Å². The minimum Gasteiger partial charge on any atom is -0.481 e. The van der Waals surface area contributed by atoms with Gasteiger partial charge in [-0.2, -0.15) is 0 Å². The Morgan fingerprint density at radius 3 is 0.826 bits per heavy atom. The van der Waals surface area contributed by atoms with E-state index in [0.717, 1.165) is 19.3 Å². The molecule has 0 spiro atoms. The van der Waals surface area contributed by atoms with E-state index in [4.69, 9.17) is 10.8 Å². The Bertz CT molecular complexity index is 524. The number of nitrogens with two attached hydrogens (primary N) is 1. The molecule has 0 aliphatic rings. The van der Waals surface area contributed by atoms with E-state index in [1.54, 1.807) is 0 Å². The Kier molecular flexibility index (Phi) is 49.3. The highest BCUT2D eigenvalue weighted by Gasteiger charge is 1.98. The third kappa shape index (κ3) is 58.4. The number of hydrogen-bond acceptors (Lipinski definition) is 3. The molecule has 5 nitrogen and oxygen atoms in total. The number of carbonyl (C=O) groups excluding carboxylic acids is 1. The number of primary amides is 1. The zero-order chi connectivity index (χ0) is 34.8. The summed E-state index contributed by atoms with van der Waals surface area (Å²) in [5.41, 5.74) is 5.11. The number of aliphatic carboxylic acids is 1. The van der Waals surface area contributed by atoms with E-state index in [2.05, 4.69) is 39.8 Å². The van der Waals surface area contributed by atoms with Crippen LogP contribution in [0.25, 0.3) is 0 Å². The van der Waals surface area contributed by atoms with Gasteiger partial charge in [0.05, 0.1) is 0 Å². The molecule has 5 heteroatoms. The lowest BCUT2D eigenvalue weighted by atomic mass is 10.0. The highest BCUT2D eigenvalue weighted by atomic mass is 16.4. The van der Waals surface area contributed by atoms with Gasteiger partial charge in [0.2, 0.25) is 5.91 Å². The Balaban J connectivity index is -0.000000682. The molecule has 0 fully saturated rings. The van der Waals surface area contributed by atoms with E-state index in [0.29, 0.717) is 12.8 Å². The molecule has 0 unspecified atom stereocenters. The van der Waals surface area contributed by atoms with Crippen LogP contribution in [0.5, 0.6) is 0 Å². The Hall–Kier alpha value is -1.10. The van der Waals surface area contributed by atoms with E-state index in [1.165, 1.54) is 186 Å². The number of amides is 1. The van der Waals surface area contributed by atoms with Crippen molar-refractivity contribution in [1.82, 2.24) is 4.90 Å². The maximum absolute atomic E-state index is 10.6. The van der Waals surface area contributed by atoms with Gasteiger partial charge in [0, 0.05) is 12.8 Å². The first-order valence-electron chi connectivity index (χ1n) is 20.5. The van der Waals surface area contributed by atoms with Crippen molar-refractivity contribution in [3.8, 4) is 0 Å². The van der Waals surface area contributed by atoms with Crippen molar-refractivity contribution < 1.29 is 14.7 Å². The largest absolute Gasteiger partial charge is 0.481 e. The summed E-state index contributed by atoms with van der Waals surface area (Å²) in [6.07, 6.45) is 42.3. The average Bonchev–Trinajstić information content (AvgIpc) is 3.01. The summed E-state index contributed by atoms with van der Waals surface area (Å²) in [5.74, 6) is -0.806. The van der Waals surface area contributed by atoms with Crippen molar-refractivity contribution >= 4 is 11.9 Å². The van der Waals surface area contributed by atoms with E-state index in [-0.39, 0.29) is 5.91 Å². The normalized spacial score (nSPS) is 10.7. The van der Waals surface area contributed by atoms with Crippen LogP contribution in [0, 0.1) is 0 Å². The Morgan fingerprint density at radius 2 is 0.652 bits per heavy atom. The number of nitrogens with zero attached hydrogens (tertiary/aromatic N) is 1. The highest BCUT2D eigenvalue weighted by molar-refractivity contribution is 5.73. The second kappa shape index (κ2) is 46.0. The van der Waals surface area contributed by atoms with Gasteiger partial charge in [-0.3, -0.25) is 9.59 Å². The van der Waals surface area contributed by atoms with Crippen molar-refractivity contribution in [2.24, 2.45) is 5.73 Å². The fourth-order valence-corrected chi connectivity index (χ4v) is 5.77. The second-order valence-electron chi connectivity index (χ2n) is 14.1.